The van der Waals surface area contributed by atoms with Crippen LogP contribution >= 0.6 is 11.6 Å². The average Bonchev–Trinajstić information content (AvgIpc) is 1.88. The first-order valence-corrected chi connectivity index (χ1v) is 3.20. The molecule has 0 spiro atoms. The van der Waals surface area contributed by atoms with Crippen molar-refractivity contribution in [2.24, 2.45) is 0 Å². The van der Waals surface area contributed by atoms with Crippen LogP contribution in [0, 0.1) is 0 Å². The highest BCUT2D eigenvalue weighted by Crippen LogP contribution is 2.20. The molecule has 0 saturated carbocycles. The van der Waals surface area contributed by atoms with Crippen molar-refractivity contribution in [1.29, 1.82) is 0 Å². The number of hydrogen-bond donors (Lipinski definition) is 2. The number of halogens is 1. The van der Waals surface area contributed by atoms with E-state index in [9.17, 15) is 0 Å². The Hall–Kier alpha value is -0.960. The summed E-state index contributed by atoms with van der Waals surface area (Å²) in [6.07, 6.45) is 1.23. The lowest BCUT2D eigenvalue weighted by Gasteiger charge is -1.97. The molecule has 0 radical (unpaired) electrons. The number of pyridine rings is 1. The molecule has 0 bridgehead atoms. The van der Waals surface area contributed by atoms with E-state index in [-0.39, 0.29) is 17.4 Å². The third-order valence-electron chi connectivity index (χ3n) is 1.06. The predicted octanol–water partition coefficient (Wildman–Crippen LogP) is 1.23. The van der Waals surface area contributed by atoms with Crippen LogP contribution in [0.3, 0.4) is 0 Å². The van der Waals surface area contributed by atoms with Crippen LogP contribution in [0.25, 0.3) is 0 Å². The Morgan fingerprint density at radius 1 is 1.50 bits per heavy atom. The Morgan fingerprint density at radius 3 is 2.70 bits per heavy atom. The highest BCUT2D eigenvalue weighted by Gasteiger charge is 2.00. The van der Waals surface area contributed by atoms with Crippen LogP contribution in [0.5, 0.6) is 11.5 Å². The van der Waals surface area contributed by atoms with Gasteiger partial charge in [0.25, 0.3) is 0 Å². The average molecular weight is 160 g/mol. The van der Waals surface area contributed by atoms with Crippen molar-refractivity contribution >= 4 is 11.6 Å². The van der Waals surface area contributed by atoms with E-state index < -0.39 is 0 Å². The van der Waals surface area contributed by atoms with E-state index in [0.717, 1.165) is 0 Å². The molecule has 0 aliphatic carbocycles. The summed E-state index contributed by atoms with van der Waals surface area (Å²) < 4.78 is 0. The molecule has 1 aromatic heterocycles. The Morgan fingerprint density at radius 2 is 2.20 bits per heavy atom. The molecule has 3 nitrogen and oxygen atoms in total. The second-order valence-electron chi connectivity index (χ2n) is 1.79. The summed E-state index contributed by atoms with van der Waals surface area (Å²) in [5.74, 6) is 0.00733. The van der Waals surface area contributed by atoms with Crippen LogP contribution in [-0.4, -0.2) is 15.2 Å². The second kappa shape index (κ2) is 2.75. The van der Waals surface area contributed by atoms with Crippen molar-refractivity contribution in [3.8, 4) is 11.5 Å². The van der Waals surface area contributed by atoms with Gasteiger partial charge in [0.2, 0.25) is 0 Å². The minimum Gasteiger partial charge on any atom is -0.506 e. The Kier molecular flexibility index (Phi) is 1.97. The molecule has 0 saturated heterocycles. The molecule has 0 aliphatic rings. The summed E-state index contributed by atoms with van der Waals surface area (Å²) in [6.45, 7) is 0. The molecule has 54 valence electrons. The van der Waals surface area contributed by atoms with E-state index in [1.807, 2.05) is 0 Å². The minimum absolute atomic E-state index is 0.0635. The molecule has 0 aliphatic heterocycles. The molecule has 1 aromatic rings. The fraction of sp³-hybridized carbons (Fsp3) is 0.167. The fourth-order valence-corrected chi connectivity index (χ4v) is 0.780. The summed E-state index contributed by atoms with van der Waals surface area (Å²) >= 11 is 5.38. The van der Waals surface area contributed by atoms with Crippen LogP contribution in [0.2, 0.25) is 0 Å². The zero-order chi connectivity index (χ0) is 7.56. The second-order valence-corrected chi connectivity index (χ2v) is 2.06. The molecule has 0 amide bonds. The quantitative estimate of drug-likeness (QED) is 0.606. The van der Waals surface area contributed by atoms with E-state index in [2.05, 4.69) is 4.98 Å². The van der Waals surface area contributed by atoms with Gasteiger partial charge in [0.1, 0.15) is 11.5 Å². The third kappa shape index (κ3) is 1.30. The van der Waals surface area contributed by atoms with Crippen LogP contribution in [0.1, 0.15) is 5.69 Å². The molecule has 1 heterocycles. The Balaban J connectivity index is 3.07. The Labute approximate surface area is 62.9 Å². The van der Waals surface area contributed by atoms with Gasteiger partial charge < -0.3 is 10.2 Å². The largest absolute Gasteiger partial charge is 0.506 e. The van der Waals surface area contributed by atoms with Crippen molar-refractivity contribution in [2.75, 3.05) is 0 Å². The molecule has 0 aromatic carbocycles. The monoisotopic (exact) mass is 159 g/mol. The zero-order valence-corrected chi connectivity index (χ0v) is 5.84. The van der Waals surface area contributed by atoms with Gasteiger partial charge in [0.15, 0.2) is 0 Å². The highest BCUT2D eigenvalue weighted by molar-refractivity contribution is 6.17. The van der Waals surface area contributed by atoms with Gasteiger partial charge >= 0.3 is 0 Å². The lowest BCUT2D eigenvalue weighted by Crippen LogP contribution is -1.83. The molecule has 2 N–H and O–H groups in total. The van der Waals surface area contributed by atoms with E-state index in [1.54, 1.807) is 0 Å². The Bertz CT molecular complexity index is 239. The van der Waals surface area contributed by atoms with E-state index in [1.165, 1.54) is 12.3 Å². The fourth-order valence-electron chi connectivity index (χ4n) is 0.574. The van der Waals surface area contributed by atoms with Gasteiger partial charge in [-0.2, -0.15) is 0 Å². The predicted molar refractivity (Wildman–Crippen MR) is 37.1 cm³/mol. The van der Waals surface area contributed by atoms with Gasteiger partial charge in [0, 0.05) is 6.07 Å². The zero-order valence-electron chi connectivity index (χ0n) is 5.08. The van der Waals surface area contributed by atoms with Crippen molar-refractivity contribution in [3.05, 3.63) is 18.0 Å². The number of aromatic nitrogens is 1. The molecule has 0 atom stereocenters. The summed E-state index contributed by atoms with van der Waals surface area (Å²) in [7, 11) is 0. The minimum atomic E-state index is -0.0741. The molecular formula is C6H6ClNO2. The first-order chi connectivity index (χ1) is 4.74. The highest BCUT2D eigenvalue weighted by atomic mass is 35.5. The van der Waals surface area contributed by atoms with Crippen molar-refractivity contribution in [3.63, 3.8) is 0 Å². The van der Waals surface area contributed by atoms with Crippen molar-refractivity contribution < 1.29 is 10.2 Å². The van der Waals surface area contributed by atoms with Crippen molar-refractivity contribution in [2.45, 2.75) is 5.88 Å². The normalized spacial score (nSPS) is 9.70. The number of hydrogen-bond acceptors (Lipinski definition) is 3. The molecule has 0 fully saturated rings. The number of nitrogens with zero attached hydrogens (tertiary/aromatic N) is 1. The first kappa shape index (κ1) is 7.15. The van der Waals surface area contributed by atoms with Gasteiger partial charge in [-0.1, -0.05) is 0 Å². The standard InChI is InChI=1S/C6H6ClNO2/c7-2-5-6(10)1-4(9)3-8-5/h1,3,9-10H,2H2. The van der Waals surface area contributed by atoms with Gasteiger partial charge in [-0.25, -0.2) is 0 Å². The topological polar surface area (TPSA) is 53.4 Å². The van der Waals surface area contributed by atoms with Crippen LogP contribution in [-0.2, 0) is 5.88 Å². The maximum absolute atomic E-state index is 8.98. The van der Waals surface area contributed by atoms with Crippen molar-refractivity contribution in [1.82, 2.24) is 4.98 Å². The third-order valence-corrected chi connectivity index (χ3v) is 1.31. The van der Waals surface area contributed by atoms with E-state index in [4.69, 9.17) is 21.8 Å². The molecule has 10 heavy (non-hydrogen) atoms. The van der Waals surface area contributed by atoms with Gasteiger partial charge in [-0.3, -0.25) is 4.98 Å². The van der Waals surface area contributed by atoms with E-state index >= 15 is 0 Å². The molecule has 4 heteroatoms. The number of aromatic hydroxyl groups is 2. The van der Waals surface area contributed by atoms with Gasteiger partial charge in [-0.15, -0.1) is 11.6 Å². The first-order valence-electron chi connectivity index (χ1n) is 2.67. The van der Waals surface area contributed by atoms with Crippen LogP contribution in [0.15, 0.2) is 12.3 Å². The number of rotatable bonds is 1. The summed E-state index contributed by atoms with van der Waals surface area (Å²) in [6, 6.07) is 1.20. The SMILES string of the molecule is Oc1cnc(CCl)c(O)c1. The van der Waals surface area contributed by atoms with Gasteiger partial charge in [-0.05, 0) is 0 Å². The van der Waals surface area contributed by atoms with Gasteiger partial charge in [0.05, 0.1) is 17.8 Å². The van der Waals surface area contributed by atoms with Crippen LogP contribution < -0.4 is 0 Å². The lowest BCUT2D eigenvalue weighted by atomic mass is 10.3. The summed E-state index contributed by atoms with van der Waals surface area (Å²) in [5.41, 5.74) is 0.375. The maximum atomic E-state index is 8.98. The molecule has 0 unspecified atom stereocenters. The van der Waals surface area contributed by atoms with E-state index in [0.29, 0.717) is 5.69 Å². The molecule has 1 rings (SSSR count). The maximum Gasteiger partial charge on any atom is 0.142 e. The summed E-state index contributed by atoms with van der Waals surface area (Å²) in [5, 5.41) is 17.8. The molecular weight excluding hydrogens is 154 g/mol. The summed E-state index contributed by atoms with van der Waals surface area (Å²) in [4.78, 5) is 3.66. The smallest absolute Gasteiger partial charge is 0.142 e. The lowest BCUT2D eigenvalue weighted by molar-refractivity contribution is 0.442. The van der Waals surface area contributed by atoms with Crippen LogP contribution in [0.4, 0.5) is 0 Å². The number of alkyl halides is 1.